The topological polar surface area (TPSA) is 53.4 Å². The molecule has 0 aliphatic carbocycles. The highest BCUT2D eigenvalue weighted by atomic mass is 16.6. The maximum Gasteiger partial charge on any atom is 0.344 e. The zero-order valence-corrected chi connectivity index (χ0v) is 15.7. The van der Waals surface area contributed by atoms with E-state index in [2.05, 4.69) is 29.5 Å². The standard InChI is InChI=1S/C20H30N2O3/c1-4-6-7-8-9-10-13-22-16(3)14-17-18(22)11-12-21-20(17)25-15-19(23)24-5-2/h11-12,14H,4-10,13,15H2,1-3H3. The molecule has 0 spiro atoms. The Bertz CT molecular complexity index is 679. The number of carbonyl (C=O) groups is 1. The summed E-state index contributed by atoms with van der Waals surface area (Å²) in [7, 11) is 0. The van der Waals surface area contributed by atoms with Gasteiger partial charge in [-0.05, 0) is 32.4 Å². The lowest BCUT2D eigenvalue weighted by molar-refractivity contribution is -0.145. The molecule has 0 unspecified atom stereocenters. The van der Waals surface area contributed by atoms with Gasteiger partial charge in [0, 0.05) is 18.4 Å². The van der Waals surface area contributed by atoms with E-state index in [1.165, 1.54) is 44.2 Å². The minimum atomic E-state index is -0.371. The van der Waals surface area contributed by atoms with Gasteiger partial charge in [-0.3, -0.25) is 0 Å². The molecule has 0 aromatic carbocycles. The van der Waals surface area contributed by atoms with E-state index in [-0.39, 0.29) is 12.6 Å². The molecule has 2 rings (SSSR count). The Morgan fingerprint density at radius 3 is 2.68 bits per heavy atom. The lowest BCUT2D eigenvalue weighted by atomic mass is 10.1. The average molecular weight is 346 g/mol. The van der Waals surface area contributed by atoms with Gasteiger partial charge in [-0.2, -0.15) is 0 Å². The predicted molar refractivity (Wildman–Crippen MR) is 100.0 cm³/mol. The van der Waals surface area contributed by atoms with Crippen LogP contribution in [0, 0.1) is 6.92 Å². The number of unbranched alkanes of at least 4 members (excludes halogenated alkanes) is 5. The number of hydrogen-bond acceptors (Lipinski definition) is 4. The van der Waals surface area contributed by atoms with Crippen molar-refractivity contribution in [2.24, 2.45) is 0 Å². The molecule has 25 heavy (non-hydrogen) atoms. The van der Waals surface area contributed by atoms with Crippen LogP contribution in [0.3, 0.4) is 0 Å². The lowest BCUT2D eigenvalue weighted by Gasteiger charge is -2.09. The first-order valence-electron chi connectivity index (χ1n) is 9.40. The number of rotatable bonds is 11. The van der Waals surface area contributed by atoms with E-state index in [1.807, 2.05) is 6.07 Å². The molecule has 0 saturated heterocycles. The van der Waals surface area contributed by atoms with Crippen LogP contribution in [-0.4, -0.2) is 28.7 Å². The number of fused-ring (bicyclic) bond motifs is 1. The second-order valence-corrected chi connectivity index (χ2v) is 6.35. The van der Waals surface area contributed by atoms with Crippen LogP contribution in [0.1, 0.15) is 58.1 Å². The van der Waals surface area contributed by atoms with Gasteiger partial charge in [0.1, 0.15) is 0 Å². The second kappa shape index (κ2) is 10.1. The molecule has 0 amide bonds. The van der Waals surface area contributed by atoms with Crippen molar-refractivity contribution in [3.63, 3.8) is 0 Å². The van der Waals surface area contributed by atoms with E-state index in [0.717, 1.165) is 17.4 Å². The Kier molecular flexibility index (Phi) is 7.76. The third-order valence-corrected chi connectivity index (χ3v) is 4.37. The van der Waals surface area contributed by atoms with Gasteiger partial charge in [-0.1, -0.05) is 39.0 Å². The summed E-state index contributed by atoms with van der Waals surface area (Å²) in [5.41, 5.74) is 2.30. The maximum absolute atomic E-state index is 11.5. The van der Waals surface area contributed by atoms with Gasteiger partial charge in [-0.25, -0.2) is 9.78 Å². The number of esters is 1. The van der Waals surface area contributed by atoms with Crippen molar-refractivity contribution in [1.29, 1.82) is 0 Å². The molecular weight excluding hydrogens is 316 g/mol. The van der Waals surface area contributed by atoms with Crippen LogP contribution < -0.4 is 4.74 Å². The van der Waals surface area contributed by atoms with Crippen molar-refractivity contribution in [2.75, 3.05) is 13.2 Å². The van der Waals surface area contributed by atoms with Crippen LogP contribution in [0.2, 0.25) is 0 Å². The molecule has 0 radical (unpaired) electrons. The van der Waals surface area contributed by atoms with Gasteiger partial charge < -0.3 is 14.0 Å². The Hall–Kier alpha value is -2.04. The maximum atomic E-state index is 11.5. The summed E-state index contributed by atoms with van der Waals surface area (Å²) in [6, 6.07) is 4.09. The molecule has 5 heteroatoms. The fourth-order valence-electron chi connectivity index (χ4n) is 3.08. The summed E-state index contributed by atoms with van der Waals surface area (Å²) in [6.45, 7) is 7.37. The van der Waals surface area contributed by atoms with Crippen molar-refractivity contribution in [2.45, 2.75) is 65.8 Å². The molecule has 0 atom stereocenters. The minimum Gasteiger partial charge on any atom is -0.465 e. The van der Waals surface area contributed by atoms with E-state index < -0.39 is 0 Å². The number of nitrogens with zero attached hydrogens (tertiary/aromatic N) is 2. The van der Waals surface area contributed by atoms with Gasteiger partial charge >= 0.3 is 5.97 Å². The highest BCUT2D eigenvalue weighted by Crippen LogP contribution is 2.27. The van der Waals surface area contributed by atoms with Gasteiger partial charge in [-0.15, -0.1) is 0 Å². The summed E-state index contributed by atoms with van der Waals surface area (Å²) >= 11 is 0. The molecule has 2 aromatic heterocycles. The molecule has 0 aliphatic heterocycles. The molecule has 2 heterocycles. The van der Waals surface area contributed by atoms with E-state index in [0.29, 0.717) is 12.5 Å². The molecular formula is C20H30N2O3. The zero-order valence-electron chi connectivity index (χ0n) is 15.7. The highest BCUT2D eigenvalue weighted by molar-refractivity contribution is 5.86. The van der Waals surface area contributed by atoms with Crippen LogP contribution in [0.15, 0.2) is 18.3 Å². The number of aryl methyl sites for hydroxylation is 2. The van der Waals surface area contributed by atoms with Crippen LogP contribution in [-0.2, 0) is 16.1 Å². The fourth-order valence-corrected chi connectivity index (χ4v) is 3.08. The van der Waals surface area contributed by atoms with Gasteiger partial charge in [0.25, 0.3) is 0 Å². The monoisotopic (exact) mass is 346 g/mol. The Balaban J connectivity index is 2.01. The van der Waals surface area contributed by atoms with Crippen LogP contribution >= 0.6 is 0 Å². The Morgan fingerprint density at radius 1 is 1.16 bits per heavy atom. The van der Waals surface area contributed by atoms with E-state index in [4.69, 9.17) is 9.47 Å². The minimum absolute atomic E-state index is 0.110. The summed E-state index contributed by atoms with van der Waals surface area (Å²) in [4.78, 5) is 15.8. The van der Waals surface area contributed by atoms with Crippen molar-refractivity contribution in [1.82, 2.24) is 9.55 Å². The van der Waals surface area contributed by atoms with E-state index in [1.54, 1.807) is 13.1 Å². The first-order valence-corrected chi connectivity index (χ1v) is 9.40. The molecule has 0 fully saturated rings. The summed E-state index contributed by atoms with van der Waals surface area (Å²) in [5, 5.41) is 0.954. The summed E-state index contributed by atoms with van der Waals surface area (Å²) in [5.74, 6) is 0.125. The first kappa shape index (κ1) is 19.3. The number of pyridine rings is 1. The molecule has 0 N–H and O–H groups in total. The molecule has 5 nitrogen and oxygen atoms in total. The molecule has 0 bridgehead atoms. The molecule has 0 saturated carbocycles. The van der Waals surface area contributed by atoms with Gasteiger partial charge in [0.05, 0.1) is 17.5 Å². The predicted octanol–water partition coefficient (Wildman–Crippen LogP) is 4.65. The number of ether oxygens (including phenoxy) is 2. The zero-order chi connectivity index (χ0) is 18.1. The summed E-state index contributed by atoms with van der Waals surface area (Å²) < 4.78 is 12.8. The summed E-state index contributed by atoms with van der Waals surface area (Å²) in [6.07, 6.45) is 9.42. The van der Waals surface area contributed by atoms with Crippen molar-refractivity contribution >= 4 is 16.9 Å². The van der Waals surface area contributed by atoms with Crippen LogP contribution in [0.5, 0.6) is 5.88 Å². The van der Waals surface area contributed by atoms with Crippen molar-refractivity contribution < 1.29 is 14.3 Å². The van der Waals surface area contributed by atoms with Crippen LogP contribution in [0.25, 0.3) is 10.9 Å². The van der Waals surface area contributed by atoms with Gasteiger partial charge in [0.15, 0.2) is 6.61 Å². The number of aromatic nitrogens is 2. The van der Waals surface area contributed by atoms with Crippen LogP contribution in [0.4, 0.5) is 0 Å². The third-order valence-electron chi connectivity index (χ3n) is 4.37. The fraction of sp³-hybridized carbons (Fsp3) is 0.600. The number of hydrogen-bond donors (Lipinski definition) is 0. The van der Waals surface area contributed by atoms with Crippen molar-refractivity contribution in [3.8, 4) is 5.88 Å². The Labute approximate surface area is 150 Å². The normalized spacial score (nSPS) is 11.0. The Morgan fingerprint density at radius 2 is 1.92 bits per heavy atom. The molecule has 138 valence electrons. The first-order chi connectivity index (χ1) is 12.2. The lowest BCUT2D eigenvalue weighted by Crippen LogP contribution is -2.15. The smallest absolute Gasteiger partial charge is 0.344 e. The average Bonchev–Trinajstić information content (AvgIpc) is 2.92. The molecule has 0 aliphatic rings. The third kappa shape index (κ3) is 5.48. The SMILES string of the molecule is CCCCCCCCn1c(C)cc2c(OCC(=O)OCC)nccc21. The van der Waals surface area contributed by atoms with Gasteiger partial charge in [0.2, 0.25) is 5.88 Å². The van der Waals surface area contributed by atoms with E-state index >= 15 is 0 Å². The largest absolute Gasteiger partial charge is 0.465 e. The van der Waals surface area contributed by atoms with E-state index in [9.17, 15) is 4.79 Å². The highest BCUT2D eigenvalue weighted by Gasteiger charge is 2.12. The molecule has 2 aromatic rings. The second-order valence-electron chi connectivity index (χ2n) is 6.35. The van der Waals surface area contributed by atoms with Crippen molar-refractivity contribution in [3.05, 3.63) is 24.0 Å². The number of carbonyl (C=O) groups excluding carboxylic acids is 1. The quantitative estimate of drug-likeness (QED) is 0.439.